The van der Waals surface area contributed by atoms with Gasteiger partial charge in [0.15, 0.2) is 8.32 Å². The Hall–Kier alpha value is -0.683. The average Bonchev–Trinajstić information content (AvgIpc) is 2.44. The Kier molecular flexibility index (Phi) is 6.14. The molecule has 0 amide bonds. The van der Waals surface area contributed by atoms with Crippen LogP contribution in [0.25, 0.3) is 0 Å². The molecule has 26 heavy (non-hydrogen) atoms. The largest absolute Gasteiger partial charge is 0.414 e. The molecule has 1 aromatic rings. The molecule has 2 rings (SSSR count). The first kappa shape index (κ1) is 21.6. The van der Waals surface area contributed by atoms with E-state index in [1.54, 1.807) is 0 Å². The Balaban J connectivity index is 2.10. The van der Waals surface area contributed by atoms with Crippen LogP contribution in [0.2, 0.25) is 18.1 Å². The summed E-state index contributed by atoms with van der Waals surface area (Å²) in [5.74, 6) is 0. The van der Waals surface area contributed by atoms with E-state index >= 15 is 0 Å². The fraction of sp³-hybridized carbons (Fsp3) is 0.727. The highest BCUT2D eigenvalue weighted by atomic mass is 28.4. The van der Waals surface area contributed by atoms with Crippen LogP contribution in [0.4, 0.5) is 0 Å². The number of benzene rings is 1. The third-order valence-electron chi connectivity index (χ3n) is 6.02. The SMILES string of the molecule is CC1(C)CC(O[Si](C)(C)C(C)(C)C)CC(C)(C)N1OCc1ccccc1. The molecule has 0 atom stereocenters. The van der Waals surface area contributed by atoms with Gasteiger partial charge in [-0.05, 0) is 64.2 Å². The highest BCUT2D eigenvalue weighted by molar-refractivity contribution is 6.74. The highest BCUT2D eigenvalue weighted by Gasteiger charge is 2.49. The number of rotatable bonds is 5. The highest BCUT2D eigenvalue weighted by Crippen LogP contribution is 2.44. The molecule has 1 heterocycles. The van der Waals surface area contributed by atoms with Crippen LogP contribution in [-0.4, -0.2) is 30.6 Å². The van der Waals surface area contributed by atoms with Gasteiger partial charge in [-0.25, -0.2) is 0 Å². The molecular weight excluding hydrogens is 338 g/mol. The molecule has 1 fully saturated rings. The minimum atomic E-state index is -1.77. The van der Waals surface area contributed by atoms with Crippen LogP contribution in [0.15, 0.2) is 30.3 Å². The Morgan fingerprint density at radius 1 is 1.00 bits per heavy atom. The zero-order valence-corrected chi connectivity index (χ0v) is 19.3. The lowest BCUT2D eigenvalue weighted by molar-refractivity contribution is -0.297. The predicted octanol–water partition coefficient (Wildman–Crippen LogP) is 6.16. The van der Waals surface area contributed by atoms with Gasteiger partial charge in [0.25, 0.3) is 0 Å². The van der Waals surface area contributed by atoms with E-state index in [9.17, 15) is 0 Å². The van der Waals surface area contributed by atoms with E-state index in [-0.39, 0.29) is 22.2 Å². The van der Waals surface area contributed by atoms with Crippen LogP contribution in [-0.2, 0) is 15.9 Å². The van der Waals surface area contributed by atoms with E-state index in [1.165, 1.54) is 5.56 Å². The Morgan fingerprint density at radius 3 is 1.96 bits per heavy atom. The molecule has 1 aliphatic heterocycles. The first-order chi connectivity index (χ1) is 11.7. The summed E-state index contributed by atoms with van der Waals surface area (Å²) in [5, 5.41) is 2.46. The van der Waals surface area contributed by atoms with Gasteiger partial charge in [-0.1, -0.05) is 51.1 Å². The molecule has 3 nitrogen and oxygen atoms in total. The monoisotopic (exact) mass is 377 g/mol. The van der Waals surface area contributed by atoms with E-state index < -0.39 is 8.32 Å². The standard InChI is InChI=1S/C22H39NO2Si/c1-20(2,3)26(8,9)25-19-15-21(4,5)23(22(6,7)16-19)24-17-18-13-11-10-12-14-18/h10-14,19H,15-17H2,1-9H3. The van der Waals surface area contributed by atoms with Crippen molar-refractivity contribution in [2.45, 2.75) is 103 Å². The predicted molar refractivity (Wildman–Crippen MR) is 113 cm³/mol. The summed E-state index contributed by atoms with van der Waals surface area (Å²) in [6, 6.07) is 10.4. The van der Waals surface area contributed by atoms with Gasteiger partial charge in [-0.2, -0.15) is 5.06 Å². The van der Waals surface area contributed by atoms with Gasteiger partial charge in [0.2, 0.25) is 0 Å². The smallest absolute Gasteiger partial charge is 0.192 e. The van der Waals surface area contributed by atoms with Crippen LogP contribution in [0.5, 0.6) is 0 Å². The molecule has 1 aliphatic rings. The van der Waals surface area contributed by atoms with Crippen molar-refractivity contribution in [2.75, 3.05) is 0 Å². The molecule has 1 aromatic carbocycles. The third kappa shape index (κ3) is 4.97. The summed E-state index contributed by atoms with van der Waals surface area (Å²) in [7, 11) is -1.77. The maximum atomic E-state index is 6.78. The molecule has 4 heteroatoms. The zero-order chi connectivity index (χ0) is 19.8. The number of hydrogen-bond acceptors (Lipinski definition) is 3. The van der Waals surface area contributed by atoms with Crippen molar-refractivity contribution in [3.63, 3.8) is 0 Å². The van der Waals surface area contributed by atoms with Crippen LogP contribution >= 0.6 is 0 Å². The topological polar surface area (TPSA) is 21.7 Å². The minimum Gasteiger partial charge on any atom is -0.414 e. The fourth-order valence-electron chi connectivity index (χ4n) is 3.91. The van der Waals surface area contributed by atoms with Gasteiger partial charge in [0.1, 0.15) is 0 Å². The molecule has 0 aliphatic carbocycles. The maximum absolute atomic E-state index is 6.78. The Morgan fingerprint density at radius 2 is 1.50 bits per heavy atom. The average molecular weight is 378 g/mol. The van der Waals surface area contributed by atoms with E-state index in [0.29, 0.717) is 6.61 Å². The van der Waals surface area contributed by atoms with E-state index in [0.717, 1.165) is 12.8 Å². The summed E-state index contributed by atoms with van der Waals surface area (Å²) < 4.78 is 6.78. The molecule has 0 bridgehead atoms. The lowest BCUT2D eigenvalue weighted by Gasteiger charge is -2.55. The van der Waals surface area contributed by atoms with Crippen LogP contribution < -0.4 is 0 Å². The second-order valence-corrected chi connectivity index (χ2v) is 15.3. The van der Waals surface area contributed by atoms with Gasteiger partial charge in [0, 0.05) is 17.2 Å². The van der Waals surface area contributed by atoms with Crippen molar-refractivity contribution >= 4 is 8.32 Å². The molecule has 0 aromatic heterocycles. The van der Waals surface area contributed by atoms with Crippen LogP contribution in [0, 0.1) is 0 Å². The van der Waals surface area contributed by atoms with E-state index in [4.69, 9.17) is 9.26 Å². The quantitative estimate of drug-likeness (QED) is 0.573. The first-order valence-electron chi connectivity index (χ1n) is 9.90. The maximum Gasteiger partial charge on any atom is 0.192 e. The molecule has 1 saturated heterocycles. The summed E-state index contributed by atoms with van der Waals surface area (Å²) >= 11 is 0. The van der Waals surface area contributed by atoms with Crippen molar-refractivity contribution in [3.8, 4) is 0 Å². The zero-order valence-electron chi connectivity index (χ0n) is 18.3. The summed E-state index contributed by atoms with van der Waals surface area (Å²) in [6.45, 7) is 21.4. The van der Waals surface area contributed by atoms with E-state index in [2.05, 4.69) is 90.9 Å². The van der Waals surface area contributed by atoms with Crippen molar-refractivity contribution in [1.29, 1.82) is 0 Å². The summed E-state index contributed by atoms with van der Waals surface area (Å²) in [5.41, 5.74) is 1.08. The summed E-state index contributed by atoms with van der Waals surface area (Å²) in [4.78, 5) is 6.33. The Labute approximate surface area is 162 Å². The molecular formula is C22H39NO2Si. The number of piperidine rings is 1. The lowest BCUT2D eigenvalue weighted by atomic mass is 9.80. The second kappa shape index (κ2) is 7.38. The normalized spacial score (nSPS) is 21.7. The van der Waals surface area contributed by atoms with Crippen molar-refractivity contribution in [1.82, 2.24) is 5.06 Å². The lowest BCUT2D eigenvalue weighted by Crippen LogP contribution is -2.63. The number of nitrogens with zero attached hydrogens (tertiary/aromatic N) is 1. The van der Waals surface area contributed by atoms with Crippen molar-refractivity contribution < 1.29 is 9.26 Å². The molecule has 0 radical (unpaired) electrons. The Bertz CT molecular complexity index is 572. The number of hydroxylamine groups is 2. The second-order valence-electron chi connectivity index (χ2n) is 10.6. The minimum absolute atomic E-state index is 0.0659. The molecule has 0 saturated carbocycles. The molecule has 148 valence electrons. The van der Waals surface area contributed by atoms with E-state index in [1.807, 2.05) is 6.07 Å². The van der Waals surface area contributed by atoms with Gasteiger partial charge in [-0.15, -0.1) is 0 Å². The molecule has 0 unspecified atom stereocenters. The molecule has 0 N–H and O–H groups in total. The van der Waals surface area contributed by atoms with Crippen molar-refractivity contribution in [2.24, 2.45) is 0 Å². The third-order valence-corrected chi connectivity index (χ3v) is 10.6. The van der Waals surface area contributed by atoms with Gasteiger partial charge in [-0.3, -0.25) is 4.84 Å². The van der Waals surface area contributed by atoms with Gasteiger partial charge < -0.3 is 4.43 Å². The van der Waals surface area contributed by atoms with Gasteiger partial charge in [0.05, 0.1) is 6.61 Å². The van der Waals surface area contributed by atoms with Gasteiger partial charge >= 0.3 is 0 Å². The fourth-order valence-corrected chi connectivity index (χ4v) is 5.26. The van der Waals surface area contributed by atoms with Crippen LogP contribution in [0.1, 0.15) is 66.9 Å². The first-order valence-corrected chi connectivity index (χ1v) is 12.8. The molecule has 0 spiro atoms. The van der Waals surface area contributed by atoms with Crippen molar-refractivity contribution in [3.05, 3.63) is 35.9 Å². The van der Waals surface area contributed by atoms with Crippen LogP contribution in [0.3, 0.4) is 0 Å². The summed E-state index contributed by atoms with van der Waals surface area (Å²) in [6.07, 6.45) is 2.28. The number of hydrogen-bond donors (Lipinski definition) is 0.